The maximum Gasteiger partial charge on any atom is 0.338 e. The lowest BCUT2D eigenvalue weighted by molar-refractivity contribution is -0.124. The Kier molecular flexibility index (Phi) is 8.70. The molecule has 1 heterocycles. The zero-order chi connectivity index (χ0) is 28.8. The minimum absolute atomic E-state index is 0.101. The summed E-state index contributed by atoms with van der Waals surface area (Å²) >= 11 is 5.52. The molecule has 0 aliphatic carbocycles. The average Bonchev–Trinajstić information content (AvgIpc) is 3.17. The predicted octanol–water partition coefficient (Wildman–Crippen LogP) is 3.69. The molecule has 10 nitrogen and oxygen atoms in total. The second-order valence-electron chi connectivity index (χ2n) is 8.51. The summed E-state index contributed by atoms with van der Waals surface area (Å²) in [7, 11) is 1.50. The molecular formula is C28H25FN4O6S. The molecule has 3 amide bonds. The Hall–Kier alpha value is -4.84. The van der Waals surface area contributed by atoms with Crippen molar-refractivity contribution < 1.29 is 33.0 Å². The number of hydrogen-bond acceptors (Lipinski definition) is 7. The molecule has 206 valence electrons. The molecule has 0 aromatic heterocycles. The van der Waals surface area contributed by atoms with Gasteiger partial charge in [-0.3, -0.25) is 24.7 Å². The van der Waals surface area contributed by atoms with Crippen molar-refractivity contribution in [3.05, 3.63) is 89.7 Å². The van der Waals surface area contributed by atoms with Crippen LogP contribution < -0.4 is 20.4 Å². The molecule has 0 radical (unpaired) electrons. The van der Waals surface area contributed by atoms with Gasteiger partial charge >= 0.3 is 5.97 Å². The number of anilines is 2. The number of hydrazine groups is 1. The molecule has 0 saturated carbocycles. The number of nitrogens with zero attached hydrogens (tertiary/aromatic N) is 2. The highest BCUT2D eigenvalue weighted by Crippen LogP contribution is 2.28. The van der Waals surface area contributed by atoms with E-state index in [9.17, 15) is 23.6 Å². The lowest BCUT2D eigenvalue weighted by Crippen LogP contribution is -2.50. The van der Waals surface area contributed by atoms with Crippen LogP contribution in [-0.4, -0.2) is 53.6 Å². The molecule has 3 aromatic rings. The van der Waals surface area contributed by atoms with Crippen LogP contribution in [-0.2, 0) is 14.3 Å². The van der Waals surface area contributed by atoms with Crippen LogP contribution in [0.2, 0.25) is 0 Å². The highest BCUT2D eigenvalue weighted by molar-refractivity contribution is 7.80. The second-order valence-corrected chi connectivity index (χ2v) is 8.88. The van der Waals surface area contributed by atoms with Crippen molar-refractivity contribution in [1.82, 2.24) is 10.4 Å². The quantitative estimate of drug-likeness (QED) is 0.299. The van der Waals surface area contributed by atoms with Crippen molar-refractivity contribution in [2.45, 2.75) is 19.4 Å². The third-order valence-electron chi connectivity index (χ3n) is 5.94. The Labute approximate surface area is 234 Å². The van der Waals surface area contributed by atoms with E-state index in [0.717, 1.165) is 11.1 Å². The SMILES string of the molecule is CCOC(=O)c1ccc(NC(=O)C[C@H]2C(=O)N(c3ccc(OC)cc3)C(=S)N2NC(=O)c2ccccc2F)cc1. The minimum Gasteiger partial charge on any atom is -0.497 e. The fraction of sp³-hybridized carbons (Fsp3) is 0.179. The number of hydrogen-bond donors (Lipinski definition) is 2. The fourth-order valence-corrected chi connectivity index (χ4v) is 4.34. The van der Waals surface area contributed by atoms with Crippen molar-refractivity contribution >= 4 is 52.4 Å². The number of rotatable bonds is 9. The molecule has 1 aliphatic rings. The van der Waals surface area contributed by atoms with Gasteiger partial charge in [0.2, 0.25) is 11.0 Å². The first-order chi connectivity index (χ1) is 19.2. The van der Waals surface area contributed by atoms with E-state index >= 15 is 0 Å². The number of carbonyl (C=O) groups is 4. The van der Waals surface area contributed by atoms with Gasteiger partial charge in [-0.05, 0) is 79.8 Å². The molecule has 2 N–H and O–H groups in total. The molecule has 0 spiro atoms. The topological polar surface area (TPSA) is 117 Å². The van der Waals surface area contributed by atoms with Crippen molar-refractivity contribution in [2.24, 2.45) is 0 Å². The molecule has 12 heteroatoms. The van der Waals surface area contributed by atoms with Gasteiger partial charge in [-0.25, -0.2) is 14.2 Å². The van der Waals surface area contributed by atoms with Gasteiger partial charge in [-0.2, -0.15) is 0 Å². The maximum absolute atomic E-state index is 14.3. The van der Waals surface area contributed by atoms with Gasteiger partial charge in [0.05, 0.1) is 37.0 Å². The van der Waals surface area contributed by atoms with E-state index in [4.69, 9.17) is 21.7 Å². The number of nitrogens with one attached hydrogen (secondary N) is 2. The summed E-state index contributed by atoms with van der Waals surface area (Å²) in [6.45, 7) is 1.92. The molecule has 0 bridgehead atoms. The van der Waals surface area contributed by atoms with Gasteiger partial charge in [0.25, 0.3) is 11.8 Å². The predicted molar refractivity (Wildman–Crippen MR) is 148 cm³/mol. The first-order valence-electron chi connectivity index (χ1n) is 12.2. The molecular weight excluding hydrogens is 539 g/mol. The summed E-state index contributed by atoms with van der Waals surface area (Å²) in [6.07, 6.45) is -0.400. The normalized spacial score (nSPS) is 14.6. The molecule has 1 atom stereocenters. The van der Waals surface area contributed by atoms with Crippen LogP contribution >= 0.6 is 12.2 Å². The molecule has 3 aromatic carbocycles. The summed E-state index contributed by atoms with van der Waals surface area (Å²) < 4.78 is 24.4. The number of halogens is 1. The lowest BCUT2D eigenvalue weighted by atomic mass is 10.1. The largest absolute Gasteiger partial charge is 0.497 e. The summed E-state index contributed by atoms with van der Waals surface area (Å²) in [5, 5.41) is 3.65. The summed E-state index contributed by atoms with van der Waals surface area (Å²) in [4.78, 5) is 52.5. The number of benzene rings is 3. The first kappa shape index (κ1) is 28.2. The molecule has 4 rings (SSSR count). The van der Waals surface area contributed by atoms with Crippen LogP contribution in [0.15, 0.2) is 72.8 Å². The smallest absolute Gasteiger partial charge is 0.338 e. The van der Waals surface area contributed by atoms with Crippen LogP contribution in [0.5, 0.6) is 5.75 Å². The number of carbonyl (C=O) groups excluding carboxylic acids is 4. The van der Waals surface area contributed by atoms with Crippen LogP contribution in [0.4, 0.5) is 15.8 Å². The molecule has 1 saturated heterocycles. The summed E-state index contributed by atoms with van der Waals surface area (Å²) in [6, 6.07) is 16.6. The van der Waals surface area contributed by atoms with Crippen LogP contribution in [0.1, 0.15) is 34.1 Å². The first-order valence-corrected chi connectivity index (χ1v) is 12.6. The van der Waals surface area contributed by atoms with E-state index in [1.807, 2.05) is 0 Å². The standard InChI is InChI=1S/C28H25FN4O6S/c1-3-39-27(37)17-8-10-18(11-9-17)30-24(34)16-23-26(36)32(19-12-14-20(38-2)15-13-19)28(40)33(23)31-25(35)21-6-4-5-7-22(21)29/h4-15,23H,3,16H2,1-2H3,(H,30,34)(H,31,35)/t23-/m0/s1. The van der Waals surface area contributed by atoms with E-state index in [2.05, 4.69) is 10.7 Å². The lowest BCUT2D eigenvalue weighted by Gasteiger charge is -2.24. The molecule has 0 unspecified atom stereocenters. The Morgan fingerprint density at radius 3 is 2.30 bits per heavy atom. The minimum atomic E-state index is -1.23. The Morgan fingerprint density at radius 2 is 1.68 bits per heavy atom. The number of ether oxygens (including phenoxy) is 2. The van der Waals surface area contributed by atoms with E-state index < -0.39 is 42.0 Å². The zero-order valence-corrected chi connectivity index (χ0v) is 22.4. The molecule has 1 aliphatic heterocycles. The van der Waals surface area contributed by atoms with Crippen molar-refractivity contribution in [3.63, 3.8) is 0 Å². The van der Waals surface area contributed by atoms with Crippen molar-refractivity contribution in [3.8, 4) is 5.75 Å². The highest BCUT2D eigenvalue weighted by Gasteiger charge is 2.45. The third-order valence-corrected chi connectivity index (χ3v) is 6.32. The number of esters is 1. The summed E-state index contributed by atoms with van der Waals surface area (Å²) in [5.74, 6) is -2.68. The van der Waals surface area contributed by atoms with Crippen molar-refractivity contribution in [1.29, 1.82) is 0 Å². The van der Waals surface area contributed by atoms with Gasteiger partial charge in [-0.15, -0.1) is 0 Å². The number of methoxy groups -OCH3 is 1. The van der Waals surface area contributed by atoms with Gasteiger partial charge < -0.3 is 14.8 Å². The molecule has 40 heavy (non-hydrogen) atoms. The second kappa shape index (κ2) is 12.3. The zero-order valence-electron chi connectivity index (χ0n) is 21.5. The Morgan fingerprint density at radius 1 is 1.00 bits per heavy atom. The van der Waals surface area contributed by atoms with E-state index in [1.165, 1.54) is 54.5 Å². The Balaban J connectivity index is 1.56. The van der Waals surface area contributed by atoms with Gasteiger partial charge in [0.1, 0.15) is 17.6 Å². The third kappa shape index (κ3) is 6.07. The summed E-state index contributed by atoms with van der Waals surface area (Å²) in [5.41, 5.74) is 3.30. The fourth-order valence-electron chi connectivity index (χ4n) is 3.97. The van der Waals surface area contributed by atoms with Gasteiger partial charge in [0, 0.05) is 5.69 Å². The van der Waals surface area contributed by atoms with Crippen LogP contribution in [0.25, 0.3) is 0 Å². The Bertz CT molecular complexity index is 1450. The van der Waals surface area contributed by atoms with Gasteiger partial charge in [0.15, 0.2) is 0 Å². The number of thiocarbonyl (C=S) groups is 1. The molecule has 1 fully saturated rings. The van der Waals surface area contributed by atoms with E-state index in [-0.39, 0.29) is 17.3 Å². The maximum atomic E-state index is 14.3. The monoisotopic (exact) mass is 564 g/mol. The highest BCUT2D eigenvalue weighted by atomic mass is 32.1. The van der Waals surface area contributed by atoms with Crippen LogP contribution in [0.3, 0.4) is 0 Å². The van der Waals surface area contributed by atoms with E-state index in [0.29, 0.717) is 22.7 Å². The number of amides is 3. The van der Waals surface area contributed by atoms with Gasteiger partial charge in [-0.1, -0.05) is 12.1 Å². The van der Waals surface area contributed by atoms with Crippen LogP contribution in [0, 0.1) is 5.82 Å². The van der Waals surface area contributed by atoms with E-state index in [1.54, 1.807) is 31.2 Å². The van der Waals surface area contributed by atoms with Crippen molar-refractivity contribution in [2.75, 3.05) is 23.9 Å². The average molecular weight is 565 g/mol.